The van der Waals surface area contributed by atoms with E-state index >= 15 is 0 Å². The number of para-hydroxylation sites is 1. The molecule has 0 atom stereocenters. The maximum absolute atomic E-state index is 11.1. The van der Waals surface area contributed by atoms with E-state index in [0.717, 1.165) is 33.6 Å². The number of rotatable bonds is 10. The van der Waals surface area contributed by atoms with Crippen molar-refractivity contribution in [3.05, 3.63) is 83.9 Å². The molecule has 0 spiro atoms. The van der Waals surface area contributed by atoms with E-state index in [1.807, 2.05) is 65.3 Å². The van der Waals surface area contributed by atoms with Gasteiger partial charge in [0.15, 0.2) is 11.5 Å². The summed E-state index contributed by atoms with van der Waals surface area (Å²) in [6.45, 7) is 0.553. The van der Waals surface area contributed by atoms with Gasteiger partial charge in [0.25, 0.3) is 0 Å². The van der Waals surface area contributed by atoms with Crippen LogP contribution in [-0.2, 0) is 17.8 Å². The Morgan fingerprint density at radius 2 is 1.60 bits per heavy atom. The highest BCUT2D eigenvalue weighted by Gasteiger charge is 2.20. The van der Waals surface area contributed by atoms with Crippen LogP contribution in [0.2, 0.25) is 0 Å². The second-order valence-electron chi connectivity index (χ2n) is 8.03. The lowest BCUT2D eigenvalue weighted by Crippen LogP contribution is -2.05. The van der Waals surface area contributed by atoms with Crippen LogP contribution in [0.5, 0.6) is 17.2 Å². The Hall–Kier alpha value is -4.26. The van der Waals surface area contributed by atoms with Crippen LogP contribution in [0.4, 0.5) is 0 Å². The molecule has 35 heavy (non-hydrogen) atoms. The van der Waals surface area contributed by atoms with Crippen molar-refractivity contribution in [2.24, 2.45) is 0 Å². The molecule has 1 N–H and O–H groups in total. The minimum Gasteiger partial charge on any atom is -0.496 e. The van der Waals surface area contributed by atoms with Gasteiger partial charge >= 0.3 is 5.97 Å². The van der Waals surface area contributed by atoms with Crippen LogP contribution in [0.25, 0.3) is 22.5 Å². The third-order valence-electron chi connectivity index (χ3n) is 5.80. The number of aliphatic carboxylic acids is 1. The first-order chi connectivity index (χ1) is 17.0. The number of hydrogen-bond donors (Lipinski definition) is 1. The monoisotopic (exact) mass is 472 g/mol. The van der Waals surface area contributed by atoms with Gasteiger partial charge in [-0.15, -0.1) is 0 Å². The number of nitrogens with zero attached hydrogens (tertiary/aromatic N) is 2. The molecule has 0 radical (unpaired) electrons. The lowest BCUT2D eigenvalue weighted by molar-refractivity contribution is -0.136. The Morgan fingerprint density at radius 1 is 0.829 bits per heavy atom. The number of carboxylic acid groups (broad SMARTS) is 1. The van der Waals surface area contributed by atoms with E-state index in [-0.39, 0.29) is 6.42 Å². The van der Waals surface area contributed by atoms with Crippen molar-refractivity contribution in [2.45, 2.75) is 19.4 Å². The van der Waals surface area contributed by atoms with Crippen molar-refractivity contribution < 1.29 is 24.1 Å². The Labute approximate surface area is 204 Å². The number of hydrogen-bond acceptors (Lipinski definition) is 5. The fraction of sp³-hybridized carbons (Fsp3) is 0.214. The number of carboxylic acids is 1. The zero-order chi connectivity index (χ0) is 24.8. The largest absolute Gasteiger partial charge is 0.496 e. The van der Waals surface area contributed by atoms with Gasteiger partial charge < -0.3 is 19.3 Å². The maximum atomic E-state index is 11.1. The molecule has 180 valence electrons. The first-order valence-corrected chi connectivity index (χ1v) is 11.3. The molecule has 0 bridgehead atoms. The summed E-state index contributed by atoms with van der Waals surface area (Å²) < 4.78 is 18.8. The first kappa shape index (κ1) is 23.9. The van der Waals surface area contributed by atoms with Crippen LogP contribution in [0, 0.1) is 0 Å². The van der Waals surface area contributed by atoms with E-state index in [2.05, 4.69) is 12.1 Å². The third kappa shape index (κ3) is 5.30. The highest BCUT2D eigenvalue weighted by molar-refractivity contribution is 5.77. The number of benzene rings is 3. The smallest absolute Gasteiger partial charge is 0.303 e. The quantitative estimate of drug-likeness (QED) is 0.337. The molecule has 7 nitrogen and oxygen atoms in total. The Bertz CT molecular complexity index is 1310. The van der Waals surface area contributed by atoms with E-state index < -0.39 is 5.97 Å². The fourth-order valence-corrected chi connectivity index (χ4v) is 4.09. The molecule has 0 aliphatic carbocycles. The zero-order valence-corrected chi connectivity index (χ0v) is 20.0. The summed E-state index contributed by atoms with van der Waals surface area (Å²) in [5.41, 5.74) is 5.23. The summed E-state index contributed by atoms with van der Waals surface area (Å²) in [5, 5.41) is 14.0. The molecule has 0 fully saturated rings. The van der Waals surface area contributed by atoms with Crippen LogP contribution < -0.4 is 14.2 Å². The first-order valence-electron chi connectivity index (χ1n) is 11.3. The minimum atomic E-state index is -0.832. The molecule has 1 aromatic heterocycles. The van der Waals surface area contributed by atoms with E-state index in [1.54, 1.807) is 21.3 Å². The maximum Gasteiger partial charge on any atom is 0.303 e. The lowest BCUT2D eigenvalue weighted by Gasteiger charge is -2.14. The Kier molecular flexibility index (Phi) is 7.35. The summed E-state index contributed by atoms with van der Waals surface area (Å²) in [7, 11) is 4.85. The topological polar surface area (TPSA) is 82.8 Å². The number of aromatic nitrogens is 2. The Balaban J connectivity index is 1.86. The SMILES string of the molecule is COc1ccc(CCC(=O)O)cc1-c1cc(-c2cccc(OC)c2OC)n(Cc2ccccc2)n1. The van der Waals surface area contributed by atoms with Crippen LogP contribution in [-0.4, -0.2) is 42.2 Å². The molecule has 4 aromatic rings. The van der Waals surface area contributed by atoms with Crippen molar-refractivity contribution >= 4 is 5.97 Å². The van der Waals surface area contributed by atoms with Crippen LogP contribution in [0.3, 0.4) is 0 Å². The van der Waals surface area contributed by atoms with Crippen molar-refractivity contribution in [2.75, 3.05) is 21.3 Å². The van der Waals surface area contributed by atoms with Crippen molar-refractivity contribution in [1.29, 1.82) is 0 Å². The van der Waals surface area contributed by atoms with E-state index in [0.29, 0.717) is 30.2 Å². The van der Waals surface area contributed by atoms with Crippen LogP contribution in [0.15, 0.2) is 72.8 Å². The van der Waals surface area contributed by atoms with Crippen molar-refractivity contribution in [3.8, 4) is 39.8 Å². The van der Waals surface area contributed by atoms with Gasteiger partial charge in [0, 0.05) is 17.5 Å². The summed E-state index contributed by atoms with van der Waals surface area (Å²) in [6, 6.07) is 23.5. The van der Waals surface area contributed by atoms with Gasteiger partial charge in [0.1, 0.15) is 5.75 Å². The van der Waals surface area contributed by atoms with Crippen molar-refractivity contribution in [3.63, 3.8) is 0 Å². The van der Waals surface area contributed by atoms with E-state index in [4.69, 9.17) is 24.4 Å². The molecule has 0 saturated carbocycles. The predicted octanol–water partition coefficient (Wildman–Crippen LogP) is 5.31. The average Bonchev–Trinajstić information content (AvgIpc) is 3.30. The van der Waals surface area contributed by atoms with Gasteiger partial charge in [-0.2, -0.15) is 5.10 Å². The van der Waals surface area contributed by atoms with Gasteiger partial charge in [-0.3, -0.25) is 9.48 Å². The van der Waals surface area contributed by atoms with Gasteiger partial charge in [-0.25, -0.2) is 0 Å². The molecular weight excluding hydrogens is 444 g/mol. The van der Waals surface area contributed by atoms with Gasteiger partial charge in [0.05, 0.1) is 39.3 Å². The van der Waals surface area contributed by atoms with E-state index in [9.17, 15) is 4.79 Å². The highest BCUT2D eigenvalue weighted by atomic mass is 16.5. The van der Waals surface area contributed by atoms with Gasteiger partial charge in [-0.1, -0.05) is 42.5 Å². The number of carbonyl (C=O) groups is 1. The predicted molar refractivity (Wildman–Crippen MR) is 134 cm³/mol. The average molecular weight is 473 g/mol. The molecule has 1 heterocycles. The van der Waals surface area contributed by atoms with Gasteiger partial charge in [0.2, 0.25) is 0 Å². The fourth-order valence-electron chi connectivity index (χ4n) is 4.09. The Morgan fingerprint density at radius 3 is 2.29 bits per heavy atom. The zero-order valence-electron chi connectivity index (χ0n) is 20.0. The number of methoxy groups -OCH3 is 3. The lowest BCUT2D eigenvalue weighted by atomic mass is 10.0. The molecule has 0 aliphatic heterocycles. The molecule has 4 rings (SSSR count). The number of ether oxygens (including phenoxy) is 3. The summed E-state index contributed by atoms with van der Waals surface area (Å²) in [6.07, 6.45) is 0.480. The summed E-state index contributed by atoms with van der Waals surface area (Å²) >= 11 is 0. The molecule has 0 saturated heterocycles. The van der Waals surface area contributed by atoms with Crippen molar-refractivity contribution in [1.82, 2.24) is 9.78 Å². The van der Waals surface area contributed by atoms with E-state index in [1.165, 1.54) is 0 Å². The normalized spacial score (nSPS) is 10.7. The second-order valence-corrected chi connectivity index (χ2v) is 8.03. The third-order valence-corrected chi connectivity index (χ3v) is 5.80. The molecule has 0 aliphatic rings. The molecule has 3 aromatic carbocycles. The summed E-state index contributed by atoms with van der Waals surface area (Å²) in [4.78, 5) is 11.1. The van der Waals surface area contributed by atoms with Crippen LogP contribution in [0.1, 0.15) is 17.5 Å². The van der Waals surface area contributed by atoms with Gasteiger partial charge in [-0.05, 0) is 47.9 Å². The molecular formula is C28H28N2O5. The second kappa shape index (κ2) is 10.8. The molecule has 7 heteroatoms. The standard InChI is InChI=1S/C28H28N2O5/c1-33-25-14-12-19(13-15-27(31)32)16-22(25)23-17-24(21-10-7-11-26(34-2)28(21)35-3)30(29-23)18-20-8-5-4-6-9-20/h4-12,14,16-17H,13,15,18H2,1-3H3,(H,31,32). The minimum absolute atomic E-state index is 0.0560. The number of aryl methyl sites for hydroxylation is 1. The summed E-state index contributed by atoms with van der Waals surface area (Å²) in [5.74, 6) is 1.09. The highest BCUT2D eigenvalue weighted by Crippen LogP contribution is 2.40. The molecule has 0 unspecified atom stereocenters. The van der Waals surface area contributed by atoms with Crippen LogP contribution >= 0.6 is 0 Å². The molecule has 0 amide bonds.